The second kappa shape index (κ2) is 3.57. The summed E-state index contributed by atoms with van der Waals surface area (Å²) in [7, 11) is 0. The summed E-state index contributed by atoms with van der Waals surface area (Å²) in [5.74, 6) is -0.764. The Morgan fingerprint density at radius 3 is 2.42 bits per heavy atom. The van der Waals surface area contributed by atoms with Crippen molar-refractivity contribution in [2.75, 3.05) is 0 Å². The predicted octanol–water partition coefficient (Wildman–Crippen LogP) is 1.07. The fraction of sp³-hybridized carbons (Fsp3) is 0. The van der Waals surface area contributed by atoms with Crippen molar-refractivity contribution in [1.29, 1.82) is 0 Å². The number of rotatable bonds is 2. The molecule has 0 spiro atoms. The van der Waals surface area contributed by atoms with Gasteiger partial charge in [0.1, 0.15) is 5.76 Å². The number of carbonyl (C=O) groups is 1. The number of aliphatic hydroxyl groups excluding tert-OH is 1. The molecule has 3 nitrogen and oxygen atoms in total. The Kier molecular flexibility index (Phi) is 2.48. The second-order valence-corrected chi connectivity index (χ2v) is 2.30. The standard InChI is InChI=1S/C9H9NO2/c10-9(12)6-8(11)7-4-2-1-3-5-7/h1-6,11H,(H2,10,12)/b8-6+. The quantitative estimate of drug-likeness (QED) is 0.506. The van der Waals surface area contributed by atoms with Crippen molar-refractivity contribution in [3.8, 4) is 0 Å². The summed E-state index contributed by atoms with van der Waals surface area (Å²) in [4.78, 5) is 10.4. The van der Waals surface area contributed by atoms with E-state index < -0.39 is 5.91 Å². The average molecular weight is 163 g/mol. The number of amides is 1. The zero-order valence-corrected chi connectivity index (χ0v) is 6.40. The van der Waals surface area contributed by atoms with Gasteiger partial charge in [-0.2, -0.15) is 0 Å². The van der Waals surface area contributed by atoms with Gasteiger partial charge in [0, 0.05) is 11.6 Å². The van der Waals surface area contributed by atoms with E-state index in [9.17, 15) is 9.90 Å². The highest BCUT2D eigenvalue weighted by molar-refractivity contribution is 5.92. The summed E-state index contributed by atoms with van der Waals surface area (Å²) in [6.07, 6.45) is 0.981. The summed E-state index contributed by atoms with van der Waals surface area (Å²) in [5, 5.41) is 9.25. The Balaban J connectivity index is 2.93. The molecule has 0 aliphatic rings. The van der Waals surface area contributed by atoms with Crippen LogP contribution in [0.1, 0.15) is 5.56 Å². The summed E-state index contributed by atoms with van der Waals surface area (Å²) in [5.41, 5.74) is 5.44. The van der Waals surface area contributed by atoms with E-state index in [1.54, 1.807) is 24.3 Å². The first-order valence-corrected chi connectivity index (χ1v) is 3.45. The fourth-order valence-corrected chi connectivity index (χ4v) is 0.827. The van der Waals surface area contributed by atoms with Gasteiger partial charge in [0.15, 0.2) is 0 Å². The molecule has 0 saturated carbocycles. The third-order valence-corrected chi connectivity index (χ3v) is 1.35. The van der Waals surface area contributed by atoms with E-state index in [2.05, 4.69) is 0 Å². The Hall–Kier alpha value is -1.77. The number of carbonyl (C=O) groups excluding carboxylic acids is 1. The lowest BCUT2D eigenvalue weighted by Crippen LogP contribution is -2.06. The fourth-order valence-electron chi connectivity index (χ4n) is 0.827. The molecule has 0 bridgehead atoms. The third kappa shape index (κ3) is 2.12. The van der Waals surface area contributed by atoms with Gasteiger partial charge in [-0.1, -0.05) is 30.3 Å². The first-order valence-electron chi connectivity index (χ1n) is 3.45. The van der Waals surface area contributed by atoms with Crippen LogP contribution in [0.3, 0.4) is 0 Å². The zero-order valence-electron chi connectivity index (χ0n) is 6.40. The maximum Gasteiger partial charge on any atom is 0.245 e. The number of benzene rings is 1. The number of aliphatic hydroxyl groups is 1. The molecule has 0 radical (unpaired) electrons. The number of hydrogen-bond donors (Lipinski definition) is 2. The molecule has 1 aromatic carbocycles. The smallest absolute Gasteiger partial charge is 0.245 e. The molecule has 0 atom stereocenters. The molecule has 0 aliphatic carbocycles. The molecule has 0 aromatic heterocycles. The molecular formula is C9H9NO2. The van der Waals surface area contributed by atoms with Crippen LogP contribution in [0, 0.1) is 0 Å². The average Bonchev–Trinajstić information content (AvgIpc) is 2.05. The molecule has 1 aromatic rings. The van der Waals surface area contributed by atoms with Crippen LogP contribution in [0.4, 0.5) is 0 Å². The van der Waals surface area contributed by atoms with Gasteiger partial charge in [-0.25, -0.2) is 0 Å². The lowest BCUT2D eigenvalue weighted by atomic mass is 10.2. The van der Waals surface area contributed by atoms with Gasteiger partial charge in [0.2, 0.25) is 5.91 Å². The largest absolute Gasteiger partial charge is 0.507 e. The van der Waals surface area contributed by atoms with Crippen LogP contribution < -0.4 is 5.73 Å². The highest BCUT2D eigenvalue weighted by atomic mass is 16.3. The molecule has 12 heavy (non-hydrogen) atoms. The van der Waals surface area contributed by atoms with Crippen molar-refractivity contribution in [3.05, 3.63) is 42.0 Å². The van der Waals surface area contributed by atoms with Crippen molar-refractivity contribution in [3.63, 3.8) is 0 Å². The summed E-state index contributed by atoms with van der Waals surface area (Å²) in [6.45, 7) is 0. The van der Waals surface area contributed by atoms with Crippen LogP contribution in [0.2, 0.25) is 0 Å². The van der Waals surface area contributed by atoms with E-state index in [0.29, 0.717) is 5.56 Å². The molecule has 3 heteroatoms. The van der Waals surface area contributed by atoms with Gasteiger partial charge in [0.25, 0.3) is 0 Å². The minimum atomic E-state index is -0.656. The molecule has 1 amide bonds. The molecule has 0 aliphatic heterocycles. The summed E-state index contributed by atoms with van der Waals surface area (Å²) >= 11 is 0. The molecular weight excluding hydrogens is 154 g/mol. The van der Waals surface area contributed by atoms with Gasteiger partial charge >= 0.3 is 0 Å². The highest BCUT2D eigenvalue weighted by Crippen LogP contribution is 2.08. The summed E-state index contributed by atoms with van der Waals surface area (Å²) in [6, 6.07) is 8.73. The molecule has 0 fully saturated rings. The molecule has 62 valence electrons. The van der Waals surface area contributed by atoms with Crippen LogP contribution >= 0.6 is 0 Å². The first kappa shape index (κ1) is 8.33. The Bertz CT molecular complexity index is 304. The predicted molar refractivity (Wildman–Crippen MR) is 46.2 cm³/mol. The van der Waals surface area contributed by atoms with Crippen LogP contribution in [0.5, 0.6) is 0 Å². The molecule has 3 N–H and O–H groups in total. The van der Waals surface area contributed by atoms with E-state index in [-0.39, 0.29) is 5.76 Å². The van der Waals surface area contributed by atoms with Crippen LogP contribution in [0.15, 0.2) is 36.4 Å². The normalized spacial score (nSPS) is 11.2. The Morgan fingerprint density at radius 2 is 1.92 bits per heavy atom. The Labute approximate surface area is 70.1 Å². The minimum absolute atomic E-state index is 0.108. The third-order valence-electron chi connectivity index (χ3n) is 1.35. The maximum absolute atomic E-state index is 10.4. The van der Waals surface area contributed by atoms with Gasteiger partial charge in [-0.15, -0.1) is 0 Å². The molecule has 0 unspecified atom stereocenters. The molecule has 0 saturated heterocycles. The second-order valence-electron chi connectivity index (χ2n) is 2.30. The van der Waals surface area contributed by atoms with Crippen molar-refractivity contribution in [2.45, 2.75) is 0 Å². The van der Waals surface area contributed by atoms with Crippen molar-refractivity contribution < 1.29 is 9.90 Å². The van der Waals surface area contributed by atoms with Gasteiger partial charge in [0.05, 0.1) is 0 Å². The van der Waals surface area contributed by atoms with E-state index in [0.717, 1.165) is 6.08 Å². The zero-order chi connectivity index (χ0) is 8.97. The van der Waals surface area contributed by atoms with E-state index in [1.165, 1.54) is 0 Å². The van der Waals surface area contributed by atoms with Crippen LogP contribution in [-0.4, -0.2) is 11.0 Å². The van der Waals surface area contributed by atoms with Gasteiger partial charge < -0.3 is 10.8 Å². The van der Waals surface area contributed by atoms with E-state index >= 15 is 0 Å². The van der Waals surface area contributed by atoms with Gasteiger partial charge in [-0.05, 0) is 0 Å². The number of hydrogen-bond acceptors (Lipinski definition) is 2. The summed E-state index contributed by atoms with van der Waals surface area (Å²) < 4.78 is 0. The van der Waals surface area contributed by atoms with Crippen LogP contribution in [-0.2, 0) is 4.79 Å². The van der Waals surface area contributed by atoms with Crippen LogP contribution in [0.25, 0.3) is 5.76 Å². The van der Waals surface area contributed by atoms with Crippen molar-refractivity contribution >= 4 is 11.7 Å². The monoisotopic (exact) mass is 163 g/mol. The lowest BCUT2D eigenvalue weighted by Gasteiger charge is -1.96. The lowest BCUT2D eigenvalue weighted by molar-refractivity contribution is -0.113. The Morgan fingerprint density at radius 1 is 1.33 bits per heavy atom. The van der Waals surface area contributed by atoms with Gasteiger partial charge in [-0.3, -0.25) is 4.79 Å². The number of nitrogens with two attached hydrogens (primary N) is 1. The van der Waals surface area contributed by atoms with E-state index in [4.69, 9.17) is 5.73 Å². The first-order chi connectivity index (χ1) is 5.70. The maximum atomic E-state index is 10.4. The van der Waals surface area contributed by atoms with Crippen molar-refractivity contribution in [1.82, 2.24) is 0 Å². The molecule has 1 rings (SSSR count). The minimum Gasteiger partial charge on any atom is -0.507 e. The van der Waals surface area contributed by atoms with Crippen molar-refractivity contribution in [2.24, 2.45) is 5.73 Å². The number of primary amides is 1. The SMILES string of the molecule is NC(=O)/C=C(/O)c1ccccc1. The topological polar surface area (TPSA) is 63.3 Å². The molecule has 0 heterocycles. The highest BCUT2D eigenvalue weighted by Gasteiger charge is 1.97. The van der Waals surface area contributed by atoms with E-state index in [1.807, 2.05) is 6.07 Å².